The second-order valence-electron chi connectivity index (χ2n) is 6.65. The Morgan fingerprint density at radius 3 is 2.41 bits per heavy atom. The molecule has 2 rings (SSSR count). The summed E-state index contributed by atoms with van der Waals surface area (Å²) in [7, 11) is 1.71. The molecular weight excluding hydrogens is 322 g/mol. The van der Waals surface area contributed by atoms with Gasteiger partial charge in [-0.1, -0.05) is 44.2 Å². The smallest absolute Gasteiger partial charge is 0.237 e. The molecule has 1 heterocycles. The third-order valence-corrected chi connectivity index (χ3v) is 6.28. The van der Waals surface area contributed by atoms with Gasteiger partial charge in [0, 0.05) is 29.7 Å². The predicted octanol–water partition coefficient (Wildman–Crippen LogP) is 2.91. The molecule has 22 heavy (non-hydrogen) atoms. The zero-order valence-electron chi connectivity index (χ0n) is 13.1. The summed E-state index contributed by atoms with van der Waals surface area (Å²) in [4.78, 5) is 13.7. The van der Waals surface area contributed by atoms with E-state index in [2.05, 4.69) is 26.0 Å². The number of carbonyl (C=O) groups is 1. The van der Waals surface area contributed by atoms with E-state index >= 15 is 0 Å². The first kappa shape index (κ1) is 17.3. The fourth-order valence-corrected chi connectivity index (χ4v) is 4.21. The minimum atomic E-state index is -3.69. The lowest BCUT2D eigenvalue weighted by Gasteiger charge is -2.33. The molecular formula is C16H22ClNO3S. The van der Waals surface area contributed by atoms with Crippen LogP contribution in [0.2, 0.25) is 0 Å². The molecule has 0 bridgehead atoms. The lowest BCUT2D eigenvalue weighted by Crippen LogP contribution is -2.39. The number of nitrogens with zero attached hydrogens (tertiary/aromatic N) is 1. The monoisotopic (exact) mass is 343 g/mol. The molecule has 1 aromatic carbocycles. The number of likely N-dealkylation sites (tertiary alicyclic amines) is 1. The molecule has 4 nitrogen and oxygen atoms in total. The number of benzene rings is 1. The van der Waals surface area contributed by atoms with Gasteiger partial charge in [0.05, 0.1) is 0 Å². The van der Waals surface area contributed by atoms with Crippen molar-refractivity contribution in [3.05, 3.63) is 35.9 Å². The van der Waals surface area contributed by atoms with Crippen molar-refractivity contribution in [3.8, 4) is 0 Å². The average Bonchev–Trinajstić information content (AvgIpc) is 2.81. The molecule has 2 unspecified atom stereocenters. The maximum Gasteiger partial charge on any atom is 0.237 e. The Balaban J connectivity index is 2.09. The number of amides is 1. The molecule has 6 heteroatoms. The first-order valence-corrected chi connectivity index (χ1v) is 9.77. The first-order valence-electron chi connectivity index (χ1n) is 7.40. The maximum atomic E-state index is 12.1. The summed E-state index contributed by atoms with van der Waals surface area (Å²) in [6.07, 6.45) is 0.750. The normalized spacial score (nSPS) is 21.2. The third-order valence-electron chi connectivity index (χ3n) is 4.41. The maximum absolute atomic E-state index is 12.1. The van der Waals surface area contributed by atoms with Crippen LogP contribution < -0.4 is 0 Å². The predicted molar refractivity (Wildman–Crippen MR) is 88.4 cm³/mol. The van der Waals surface area contributed by atoms with Crippen LogP contribution >= 0.6 is 10.7 Å². The van der Waals surface area contributed by atoms with Crippen molar-refractivity contribution >= 4 is 25.6 Å². The minimum Gasteiger partial charge on any atom is -0.339 e. The van der Waals surface area contributed by atoms with Gasteiger partial charge in [-0.15, -0.1) is 0 Å². The van der Waals surface area contributed by atoms with Gasteiger partial charge in [0.2, 0.25) is 15.0 Å². The molecule has 0 radical (unpaired) electrons. The molecule has 0 aliphatic carbocycles. The van der Waals surface area contributed by atoms with Crippen LogP contribution in [0, 0.1) is 0 Å². The number of hydrogen-bond donors (Lipinski definition) is 0. The van der Waals surface area contributed by atoms with E-state index < -0.39 is 14.3 Å². The Kier molecular flexibility index (Phi) is 4.87. The molecule has 0 N–H and O–H groups in total. The number of rotatable bonds is 5. The summed E-state index contributed by atoms with van der Waals surface area (Å²) in [6.45, 7) is 6.42. The molecule has 122 valence electrons. The lowest BCUT2D eigenvalue weighted by molar-refractivity contribution is -0.129. The van der Waals surface area contributed by atoms with Crippen molar-refractivity contribution in [2.75, 3.05) is 6.54 Å². The summed E-state index contributed by atoms with van der Waals surface area (Å²) < 4.78 is 22.9. The van der Waals surface area contributed by atoms with Crippen LogP contribution in [0.4, 0.5) is 0 Å². The van der Waals surface area contributed by atoms with Crippen LogP contribution in [-0.4, -0.2) is 37.1 Å². The summed E-state index contributed by atoms with van der Waals surface area (Å²) >= 11 is 0. The van der Waals surface area contributed by atoms with Crippen molar-refractivity contribution < 1.29 is 13.2 Å². The zero-order chi connectivity index (χ0) is 16.5. The van der Waals surface area contributed by atoms with Gasteiger partial charge in [-0.25, -0.2) is 8.42 Å². The molecule has 1 aliphatic heterocycles. The minimum absolute atomic E-state index is 0.0120. The fourth-order valence-electron chi connectivity index (χ4n) is 3.17. The first-order chi connectivity index (χ1) is 10.1. The van der Waals surface area contributed by atoms with Gasteiger partial charge >= 0.3 is 0 Å². The topological polar surface area (TPSA) is 54.5 Å². The summed E-state index contributed by atoms with van der Waals surface area (Å²) in [5, 5.41) is -0.788. The van der Waals surface area contributed by atoms with E-state index in [4.69, 9.17) is 10.7 Å². The highest BCUT2D eigenvalue weighted by atomic mass is 35.7. The highest BCUT2D eigenvalue weighted by Crippen LogP contribution is 2.32. The SMILES string of the molecule is CC(CC(C)(C)c1ccccc1)N1CC(S(=O)(=O)Cl)CC1=O. The van der Waals surface area contributed by atoms with E-state index in [1.807, 2.05) is 25.1 Å². The summed E-state index contributed by atoms with van der Waals surface area (Å²) in [5.74, 6) is -0.134. The van der Waals surface area contributed by atoms with Gasteiger partial charge in [0.25, 0.3) is 0 Å². The van der Waals surface area contributed by atoms with Gasteiger partial charge < -0.3 is 4.90 Å². The van der Waals surface area contributed by atoms with E-state index in [9.17, 15) is 13.2 Å². The molecule has 0 spiro atoms. The Bertz CT molecular complexity index is 643. The average molecular weight is 344 g/mol. The molecule has 0 aromatic heterocycles. The van der Waals surface area contributed by atoms with Crippen molar-refractivity contribution in [1.29, 1.82) is 0 Å². The third kappa shape index (κ3) is 3.82. The van der Waals surface area contributed by atoms with Crippen molar-refractivity contribution in [3.63, 3.8) is 0 Å². The molecule has 1 saturated heterocycles. The Morgan fingerprint density at radius 1 is 1.32 bits per heavy atom. The van der Waals surface area contributed by atoms with Gasteiger partial charge in [-0.3, -0.25) is 4.79 Å². The van der Waals surface area contributed by atoms with Gasteiger partial charge in [0.1, 0.15) is 5.25 Å². The van der Waals surface area contributed by atoms with Crippen LogP contribution in [0.25, 0.3) is 0 Å². The highest BCUT2D eigenvalue weighted by Gasteiger charge is 2.40. The van der Waals surface area contributed by atoms with E-state index in [1.54, 1.807) is 4.90 Å². The molecule has 0 saturated carbocycles. The van der Waals surface area contributed by atoms with Crippen LogP contribution in [0.5, 0.6) is 0 Å². The van der Waals surface area contributed by atoms with E-state index in [-0.39, 0.29) is 30.3 Å². The number of hydrogen-bond acceptors (Lipinski definition) is 3. The highest BCUT2D eigenvalue weighted by molar-refractivity contribution is 8.14. The lowest BCUT2D eigenvalue weighted by atomic mass is 9.79. The van der Waals surface area contributed by atoms with Crippen molar-refractivity contribution in [2.45, 2.75) is 50.3 Å². The van der Waals surface area contributed by atoms with Gasteiger partial charge in [-0.05, 0) is 24.3 Å². The summed E-state index contributed by atoms with van der Waals surface area (Å²) in [6, 6.07) is 10.1. The largest absolute Gasteiger partial charge is 0.339 e. The van der Waals surface area contributed by atoms with E-state index in [1.165, 1.54) is 5.56 Å². The molecule has 1 aliphatic rings. The number of carbonyl (C=O) groups excluding carboxylic acids is 1. The van der Waals surface area contributed by atoms with Crippen LogP contribution in [0.1, 0.15) is 39.2 Å². The zero-order valence-corrected chi connectivity index (χ0v) is 14.7. The molecule has 2 atom stereocenters. The van der Waals surface area contributed by atoms with Crippen LogP contribution in [0.3, 0.4) is 0 Å². The van der Waals surface area contributed by atoms with E-state index in [0.717, 1.165) is 6.42 Å². The second kappa shape index (κ2) is 6.20. The molecule has 1 amide bonds. The van der Waals surface area contributed by atoms with E-state index in [0.29, 0.717) is 0 Å². The van der Waals surface area contributed by atoms with Crippen LogP contribution in [-0.2, 0) is 19.3 Å². The van der Waals surface area contributed by atoms with Crippen LogP contribution in [0.15, 0.2) is 30.3 Å². The molecule has 1 fully saturated rings. The number of halogens is 1. The van der Waals surface area contributed by atoms with Crippen molar-refractivity contribution in [2.24, 2.45) is 0 Å². The Labute approximate surface area is 136 Å². The Morgan fingerprint density at radius 2 is 1.91 bits per heavy atom. The summed E-state index contributed by atoms with van der Waals surface area (Å²) in [5.41, 5.74) is 1.11. The molecule has 1 aromatic rings. The van der Waals surface area contributed by atoms with Gasteiger partial charge in [0.15, 0.2) is 0 Å². The quantitative estimate of drug-likeness (QED) is 0.772. The fraction of sp³-hybridized carbons (Fsp3) is 0.562. The standard InChI is InChI=1S/C16H22ClNO3S/c1-12(10-16(2,3)13-7-5-4-6-8-13)18-11-14(9-15(18)19)22(17,20)21/h4-8,12,14H,9-11H2,1-3H3. The van der Waals surface area contributed by atoms with Gasteiger partial charge in [-0.2, -0.15) is 0 Å². The second-order valence-corrected chi connectivity index (χ2v) is 9.56. The Hall–Kier alpha value is -1.07. The van der Waals surface area contributed by atoms with Crippen molar-refractivity contribution in [1.82, 2.24) is 4.90 Å².